The van der Waals surface area contributed by atoms with E-state index in [-0.39, 0.29) is 35.2 Å². The topological polar surface area (TPSA) is 86.8 Å². The number of fused-ring (bicyclic) bond motifs is 1. The van der Waals surface area contributed by atoms with Crippen LogP contribution in [0.5, 0.6) is 0 Å². The van der Waals surface area contributed by atoms with E-state index in [1.807, 2.05) is 32.0 Å². The number of sulfonamides is 1. The van der Waals surface area contributed by atoms with Gasteiger partial charge in [0.2, 0.25) is 21.8 Å². The molecule has 2 atom stereocenters. The molecule has 0 radical (unpaired) electrons. The highest BCUT2D eigenvalue weighted by molar-refractivity contribution is 7.89. The first kappa shape index (κ1) is 24.4. The van der Waals surface area contributed by atoms with E-state index < -0.39 is 10.0 Å². The first-order chi connectivity index (χ1) is 16.2. The lowest BCUT2D eigenvalue weighted by molar-refractivity contribution is -0.126. The molecule has 2 aliphatic heterocycles. The normalized spacial score (nSPS) is 20.7. The van der Waals surface area contributed by atoms with Crippen LogP contribution in [0, 0.1) is 12.8 Å². The Balaban J connectivity index is 1.41. The average Bonchev–Trinajstić information content (AvgIpc) is 3.14. The van der Waals surface area contributed by atoms with Crippen molar-refractivity contribution >= 4 is 27.5 Å². The average molecular weight is 484 g/mol. The fourth-order valence-electron chi connectivity index (χ4n) is 5.11. The van der Waals surface area contributed by atoms with E-state index in [1.54, 1.807) is 23.1 Å². The van der Waals surface area contributed by atoms with Crippen LogP contribution in [0.15, 0.2) is 47.4 Å². The summed E-state index contributed by atoms with van der Waals surface area (Å²) in [5, 5.41) is 2.99. The number of hydrogen-bond donors (Lipinski definition) is 1. The van der Waals surface area contributed by atoms with Crippen LogP contribution in [0.2, 0.25) is 0 Å². The molecule has 0 unspecified atom stereocenters. The van der Waals surface area contributed by atoms with Gasteiger partial charge in [0.25, 0.3) is 0 Å². The molecule has 2 aromatic rings. The number of amides is 2. The third kappa shape index (κ3) is 5.03. The molecule has 7 nitrogen and oxygen atoms in total. The smallest absolute Gasteiger partial charge is 0.243 e. The highest BCUT2D eigenvalue weighted by Crippen LogP contribution is 2.35. The third-order valence-corrected chi connectivity index (χ3v) is 8.66. The molecule has 0 aliphatic carbocycles. The zero-order chi connectivity index (χ0) is 24.5. The van der Waals surface area contributed by atoms with Crippen LogP contribution in [0.3, 0.4) is 0 Å². The molecule has 2 aromatic carbocycles. The molecule has 34 heavy (non-hydrogen) atoms. The molecule has 1 saturated heterocycles. The third-order valence-electron chi connectivity index (χ3n) is 6.79. The fourth-order valence-corrected chi connectivity index (χ4v) is 6.69. The molecule has 4 rings (SSSR count). The second-order valence-electron chi connectivity index (χ2n) is 9.46. The van der Waals surface area contributed by atoms with Gasteiger partial charge in [-0.15, -0.1) is 0 Å². The summed E-state index contributed by atoms with van der Waals surface area (Å²) >= 11 is 0. The van der Waals surface area contributed by atoms with Gasteiger partial charge in [0.15, 0.2) is 0 Å². The number of benzene rings is 2. The summed E-state index contributed by atoms with van der Waals surface area (Å²) in [7, 11) is -3.72. The summed E-state index contributed by atoms with van der Waals surface area (Å²) in [6.07, 6.45) is 2.70. The first-order valence-electron chi connectivity index (χ1n) is 11.9. The number of nitrogens with one attached hydrogen (secondary N) is 1. The van der Waals surface area contributed by atoms with Gasteiger partial charge in [-0.1, -0.05) is 29.8 Å². The van der Waals surface area contributed by atoms with Crippen LogP contribution in [-0.4, -0.2) is 50.2 Å². The standard InChI is InChI=1S/C26H33N3O4S/c1-18-6-4-7-21(14-18)11-12-27-26(31)22-8-5-13-28(17-22)34(32,33)24-9-10-25-23(16-24)15-19(2)29(25)20(3)30/h4,6-7,9-10,14,16,19,22H,5,8,11-13,15,17H2,1-3H3,(H,27,31)/t19-,22+/m0/s1. The maximum atomic E-state index is 13.4. The molecule has 0 bridgehead atoms. The van der Waals surface area contributed by atoms with Gasteiger partial charge in [0.05, 0.1) is 10.8 Å². The quantitative estimate of drug-likeness (QED) is 0.684. The van der Waals surface area contributed by atoms with Gasteiger partial charge in [-0.05, 0) is 68.9 Å². The first-order valence-corrected chi connectivity index (χ1v) is 13.4. The van der Waals surface area contributed by atoms with Gasteiger partial charge < -0.3 is 10.2 Å². The number of piperidine rings is 1. The molecule has 2 aliphatic rings. The predicted molar refractivity (Wildman–Crippen MR) is 132 cm³/mol. The number of carbonyl (C=O) groups is 2. The highest BCUT2D eigenvalue weighted by atomic mass is 32.2. The maximum absolute atomic E-state index is 13.4. The van der Waals surface area contributed by atoms with Crippen molar-refractivity contribution in [3.05, 3.63) is 59.2 Å². The minimum atomic E-state index is -3.72. The Morgan fingerprint density at radius 1 is 1.15 bits per heavy atom. The van der Waals surface area contributed by atoms with E-state index in [4.69, 9.17) is 0 Å². The highest BCUT2D eigenvalue weighted by Gasteiger charge is 2.35. The molecule has 0 aromatic heterocycles. The van der Waals surface area contributed by atoms with Gasteiger partial charge in [0.1, 0.15) is 0 Å². The number of anilines is 1. The Kier molecular flexibility index (Phi) is 7.09. The summed E-state index contributed by atoms with van der Waals surface area (Å²) in [4.78, 5) is 26.7. The van der Waals surface area contributed by atoms with E-state index in [9.17, 15) is 18.0 Å². The van der Waals surface area contributed by atoms with Crippen molar-refractivity contribution in [3.8, 4) is 0 Å². The van der Waals surface area contributed by atoms with Crippen LogP contribution >= 0.6 is 0 Å². The van der Waals surface area contributed by atoms with Crippen molar-refractivity contribution in [1.82, 2.24) is 9.62 Å². The monoisotopic (exact) mass is 483 g/mol. The van der Waals surface area contributed by atoms with Crippen molar-refractivity contribution in [1.29, 1.82) is 0 Å². The lowest BCUT2D eigenvalue weighted by Gasteiger charge is -2.31. The van der Waals surface area contributed by atoms with E-state index in [0.717, 1.165) is 17.7 Å². The Morgan fingerprint density at radius 3 is 2.68 bits per heavy atom. The van der Waals surface area contributed by atoms with E-state index in [0.29, 0.717) is 32.4 Å². The van der Waals surface area contributed by atoms with E-state index in [1.165, 1.54) is 22.4 Å². The molecule has 2 amide bonds. The zero-order valence-electron chi connectivity index (χ0n) is 20.1. The molecule has 0 saturated carbocycles. The van der Waals surface area contributed by atoms with Gasteiger partial charge in [0, 0.05) is 38.3 Å². The summed E-state index contributed by atoms with van der Waals surface area (Å²) < 4.78 is 28.2. The predicted octanol–water partition coefficient (Wildman–Crippen LogP) is 3.05. The van der Waals surface area contributed by atoms with Crippen molar-refractivity contribution in [2.45, 2.75) is 57.4 Å². The number of rotatable bonds is 6. The molecule has 0 spiro atoms. The Morgan fingerprint density at radius 2 is 1.94 bits per heavy atom. The van der Waals surface area contributed by atoms with Gasteiger partial charge in [-0.2, -0.15) is 4.31 Å². The number of nitrogens with zero attached hydrogens (tertiary/aromatic N) is 2. The number of aryl methyl sites for hydroxylation is 1. The van der Waals surface area contributed by atoms with Crippen LogP contribution < -0.4 is 10.2 Å². The molecule has 2 heterocycles. The molecular formula is C26H33N3O4S. The molecule has 1 fully saturated rings. The Bertz CT molecular complexity index is 1190. The van der Waals surface area contributed by atoms with Crippen LogP contribution in [0.4, 0.5) is 5.69 Å². The van der Waals surface area contributed by atoms with Crippen molar-refractivity contribution in [2.75, 3.05) is 24.5 Å². The minimum absolute atomic E-state index is 0.00770. The van der Waals surface area contributed by atoms with Gasteiger partial charge in [-0.3, -0.25) is 9.59 Å². The van der Waals surface area contributed by atoms with E-state index >= 15 is 0 Å². The van der Waals surface area contributed by atoms with Gasteiger partial charge >= 0.3 is 0 Å². The van der Waals surface area contributed by atoms with Crippen molar-refractivity contribution in [3.63, 3.8) is 0 Å². The number of hydrogen-bond acceptors (Lipinski definition) is 4. The zero-order valence-corrected chi connectivity index (χ0v) is 20.9. The van der Waals surface area contributed by atoms with Crippen LogP contribution in [-0.2, 0) is 32.5 Å². The summed E-state index contributed by atoms with van der Waals surface area (Å²) in [6, 6.07) is 13.2. The summed E-state index contributed by atoms with van der Waals surface area (Å²) in [6.45, 7) is 6.65. The maximum Gasteiger partial charge on any atom is 0.243 e. The van der Waals surface area contributed by atoms with Crippen LogP contribution in [0.25, 0.3) is 0 Å². The molecule has 1 N–H and O–H groups in total. The lowest BCUT2D eigenvalue weighted by Crippen LogP contribution is -2.45. The van der Waals surface area contributed by atoms with Crippen molar-refractivity contribution < 1.29 is 18.0 Å². The van der Waals surface area contributed by atoms with Crippen LogP contribution in [0.1, 0.15) is 43.4 Å². The minimum Gasteiger partial charge on any atom is -0.355 e. The second kappa shape index (κ2) is 9.88. The Hall–Kier alpha value is -2.71. The Labute approximate surface area is 202 Å². The molecular weight excluding hydrogens is 450 g/mol. The number of carbonyl (C=O) groups excluding carboxylic acids is 2. The van der Waals surface area contributed by atoms with Gasteiger partial charge in [-0.25, -0.2) is 8.42 Å². The lowest BCUT2D eigenvalue weighted by atomic mass is 9.98. The molecule has 182 valence electrons. The largest absolute Gasteiger partial charge is 0.355 e. The fraction of sp³-hybridized carbons (Fsp3) is 0.462. The molecule has 8 heteroatoms. The summed E-state index contributed by atoms with van der Waals surface area (Å²) in [5.41, 5.74) is 4.00. The second-order valence-corrected chi connectivity index (χ2v) is 11.4. The SMILES string of the molecule is CC(=O)N1c2ccc(S(=O)(=O)N3CCC[C@@H](C(=O)NCCc4cccc(C)c4)C3)cc2C[C@@H]1C. The van der Waals surface area contributed by atoms with Crippen molar-refractivity contribution in [2.24, 2.45) is 5.92 Å². The summed E-state index contributed by atoms with van der Waals surface area (Å²) in [5.74, 6) is -0.495. The van der Waals surface area contributed by atoms with E-state index in [2.05, 4.69) is 11.4 Å².